The second kappa shape index (κ2) is 4.87. The molecule has 17 heavy (non-hydrogen) atoms. The number of aryl methyl sites for hydroxylation is 1. The van der Waals surface area contributed by atoms with Gasteiger partial charge in [0.25, 0.3) is 0 Å². The maximum absolute atomic E-state index is 4.58. The summed E-state index contributed by atoms with van der Waals surface area (Å²) in [6, 6.07) is 14.5. The highest BCUT2D eigenvalue weighted by Gasteiger charge is 2.02. The molecule has 0 unspecified atom stereocenters. The molecule has 86 valence electrons. The standard InChI is InChI=1S/C14H12N2.HI/c1-11-5-7-12(8-6-11)13-10-16-9-3-2-4-14(16)15-13;/h2-10H,1H3;1H. The number of halogens is 1. The van der Waals surface area contributed by atoms with Gasteiger partial charge >= 0.3 is 0 Å². The highest BCUT2D eigenvalue weighted by molar-refractivity contribution is 14.0. The number of pyridine rings is 1. The third kappa shape index (κ3) is 2.34. The molecule has 0 saturated heterocycles. The van der Waals surface area contributed by atoms with Gasteiger partial charge in [0.1, 0.15) is 5.65 Å². The van der Waals surface area contributed by atoms with E-state index in [4.69, 9.17) is 0 Å². The monoisotopic (exact) mass is 336 g/mol. The minimum Gasteiger partial charge on any atom is -0.306 e. The Kier molecular flexibility index (Phi) is 3.47. The van der Waals surface area contributed by atoms with Crippen LogP contribution in [0.15, 0.2) is 54.9 Å². The molecule has 0 aliphatic heterocycles. The second-order valence-corrected chi connectivity index (χ2v) is 3.96. The van der Waals surface area contributed by atoms with E-state index >= 15 is 0 Å². The summed E-state index contributed by atoms with van der Waals surface area (Å²) >= 11 is 0. The first-order chi connectivity index (χ1) is 7.83. The van der Waals surface area contributed by atoms with Crippen LogP contribution in [0.25, 0.3) is 16.9 Å². The van der Waals surface area contributed by atoms with Crippen molar-refractivity contribution in [2.45, 2.75) is 6.92 Å². The number of imidazole rings is 1. The van der Waals surface area contributed by atoms with Crippen LogP contribution in [-0.2, 0) is 0 Å². The average Bonchev–Trinajstić information content (AvgIpc) is 2.73. The van der Waals surface area contributed by atoms with Crippen molar-refractivity contribution in [3.63, 3.8) is 0 Å². The number of aromatic nitrogens is 2. The van der Waals surface area contributed by atoms with E-state index in [0.717, 1.165) is 16.9 Å². The topological polar surface area (TPSA) is 17.3 Å². The zero-order chi connectivity index (χ0) is 11.0. The van der Waals surface area contributed by atoms with E-state index in [1.165, 1.54) is 5.56 Å². The first kappa shape index (κ1) is 12.1. The summed E-state index contributed by atoms with van der Waals surface area (Å²) in [7, 11) is 0. The number of fused-ring (bicyclic) bond motifs is 1. The molecule has 0 N–H and O–H groups in total. The molecule has 0 aliphatic carbocycles. The summed E-state index contributed by atoms with van der Waals surface area (Å²) in [5, 5.41) is 0. The Bertz CT molecular complexity index is 593. The van der Waals surface area contributed by atoms with Crippen LogP contribution >= 0.6 is 24.0 Å². The lowest BCUT2D eigenvalue weighted by atomic mass is 10.1. The van der Waals surface area contributed by atoms with Crippen molar-refractivity contribution in [1.82, 2.24) is 9.38 Å². The van der Waals surface area contributed by atoms with Crippen LogP contribution in [-0.4, -0.2) is 9.38 Å². The average molecular weight is 336 g/mol. The smallest absolute Gasteiger partial charge is 0.137 e. The van der Waals surface area contributed by atoms with Crippen molar-refractivity contribution in [3.8, 4) is 11.3 Å². The highest BCUT2D eigenvalue weighted by atomic mass is 127. The summed E-state index contributed by atoms with van der Waals surface area (Å²) in [6.45, 7) is 2.09. The van der Waals surface area contributed by atoms with Gasteiger partial charge in [0.15, 0.2) is 0 Å². The van der Waals surface area contributed by atoms with Crippen molar-refractivity contribution in [2.75, 3.05) is 0 Å². The van der Waals surface area contributed by atoms with Crippen LogP contribution in [0.5, 0.6) is 0 Å². The minimum atomic E-state index is 0. The summed E-state index contributed by atoms with van der Waals surface area (Å²) in [5.41, 5.74) is 4.44. The van der Waals surface area contributed by atoms with E-state index in [-0.39, 0.29) is 24.0 Å². The van der Waals surface area contributed by atoms with Gasteiger partial charge in [-0.25, -0.2) is 4.98 Å². The number of hydrogen-bond donors (Lipinski definition) is 0. The van der Waals surface area contributed by atoms with Gasteiger partial charge in [0, 0.05) is 18.0 Å². The fourth-order valence-corrected chi connectivity index (χ4v) is 1.80. The van der Waals surface area contributed by atoms with E-state index in [0.29, 0.717) is 0 Å². The second-order valence-electron chi connectivity index (χ2n) is 3.96. The van der Waals surface area contributed by atoms with E-state index in [9.17, 15) is 0 Å². The Labute approximate surface area is 117 Å². The molecule has 3 rings (SSSR count). The highest BCUT2D eigenvalue weighted by Crippen LogP contribution is 2.19. The van der Waals surface area contributed by atoms with Crippen LogP contribution in [0, 0.1) is 6.92 Å². The molecule has 2 aromatic heterocycles. The van der Waals surface area contributed by atoms with Crippen LogP contribution in [0.4, 0.5) is 0 Å². The maximum atomic E-state index is 4.58. The van der Waals surface area contributed by atoms with E-state index in [1.54, 1.807) is 0 Å². The molecule has 2 heterocycles. The van der Waals surface area contributed by atoms with Gasteiger partial charge in [-0.2, -0.15) is 0 Å². The lowest BCUT2D eigenvalue weighted by molar-refractivity contribution is 1.19. The molecule has 0 fully saturated rings. The van der Waals surface area contributed by atoms with Crippen LogP contribution < -0.4 is 0 Å². The van der Waals surface area contributed by atoms with Crippen molar-refractivity contribution < 1.29 is 0 Å². The van der Waals surface area contributed by atoms with Gasteiger partial charge in [-0.3, -0.25) is 0 Å². The largest absolute Gasteiger partial charge is 0.306 e. The molecule has 0 saturated carbocycles. The Morgan fingerprint density at radius 1 is 1.00 bits per heavy atom. The number of benzene rings is 1. The molecule has 0 amide bonds. The molecular formula is C14H13IN2. The van der Waals surface area contributed by atoms with E-state index < -0.39 is 0 Å². The van der Waals surface area contributed by atoms with Gasteiger partial charge in [-0.1, -0.05) is 35.9 Å². The summed E-state index contributed by atoms with van der Waals surface area (Å²) < 4.78 is 2.04. The predicted octanol–water partition coefficient (Wildman–Crippen LogP) is 3.93. The lowest BCUT2D eigenvalue weighted by Crippen LogP contribution is -1.77. The predicted molar refractivity (Wildman–Crippen MR) is 80.8 cm³/mol. The van der Waals surface area contributed by atoms with Crippen molar-refractivity contribution in [3.05, 3.63) is 60.4 Å². The number of nitrogens with zero attached hydrogens (tertiary/aromatic N) is 2. The molecule has 3 heteroatoms. The molecule has 0 spiro atoms. The quantitative estimate of drug-likeness (QED) is 0.616. The molecule has 0 atom stereocenters. The molecule has 3 aromatic rings. The summed E-state index contributed by atoms with van der Waals surface area (Å²) in [5.74, 6) is 0. The zero-order valence-electron chi connectivity index (χ0n) is 9.50. The fraction of sp³-hybridized carbons (Fsp3) is 0.0714. The summed E-state index contributed by atoms with van der Waals surface area (Å²) in [6.07, 6.45) is 4.07. The van der Waals surface area contributed by atoms with Crippen LogP contribution in [0.2, 0.25) is 0 Å². The maximum Gasteiger partial charge on any atom is 0.137 e. The fourth-order valence-electron chi connectivity index (χ4n) is 1.80. The Morgan fingerprint density at radius 3 is 2.47 bits per heavy atom. The van der Waals surface area contributed by atoms with Crippen molar-refractivity contribution in [1.29, 1.82) is 0 Å². The first-order valence-corrected chi connectivity index (χ1v) is 5.34. The van der Waals surface area contributed by atoms with Crippen molar-refractivity contribution >= 4 is 29.6 Å². The molecule has 0 radical (unpaired) electrons. The van der Waals surface area contributed by atoms with Gasteiger partial charge in [0.2, 0.25) is 0 Å². The lowest BCUT2D eigenvalue weighted by Gasteiger charge is -1.96. The van der Waals surface area contributed by atoms with E-state index in [2.05, 4.69) is 42.4 Å². The van der Waals surface area contributed by atoms with Gasteiger partial charge in [-0.15, -0.1) is 24.0 Å². The zero-order valence-corrected chi connectivity index (χ0v) is 11.8. The van der Waals surface area contributed by atoms with Crippen LogP contribution in [0.1, 0.15) is 5.56 Å². The van der Waals surface area contributed by atoms with Gasteiger partial charge in [0.05, 0.1) is 5.69 Å². The van der Waals surface area contributed by atoms with E-state index in [1.807, 2.05) is 28.8 Å². The minimum absolute atomic E-state index is 0. The molecule has 2 nitrogen and oxygen atoms in total. The Morgan fingerprint density at radius 2 is 1.76 bits per heavy atom. The summed E-state index contributed by atoms with van der Waals surface area (Å²) in [4.78, 5) is 4.58. The third-order valence-electron chi connectivity index (χ3n) is 2.71. The first-order valence-electron chi connectivity index (χ1n) is 5.34. The molecular weight excluding hydrogens is 323 g/mol. The van der Waals surface area contributed by atoms with Gasteiger partial charge in [-0.05, 0) is 19.1 Å². The third-order valence-corrected chi connectivity index (χ3v) is 2.71. The Balaban J connectivity index is 0.00000108. The normalized spacial score (nSPS) is 10.2. The molecule has 0 aliphatic rings. The van der Waals surface area contributed by atoms with Gasteiger partial charge < -0.3 is 4.40 Å². The number of hydrogen-bond acceptors (Lipinski definition) is 1. The molecule has 0 bridgehead atoms. The number of rotatable bonds is 1. The molecule has 1 aromatic carbocycles. The Hall–Kier alpha value is -1.36. The van der Waals surface area contributed by atoms with Crippen molar-refractivity contribution in [2.24, 2.45) is 0 Å². The SMILES string of the molecule is Cc1ccc(-c2cn3ccccc3n2)cc1.I. The van der Waals surface area contributed by atoms with Crippen LogP contribution in [0.3, 0.4) is 0 Å².